The molecule has 4 nitrogen and oxygen atoms in total. The van der Waals surface area contributed by atoms with Crippen LogP contribution in [0.4, 0.5) is 0 Å². The Balaban J connectivity index is 2.92. The lowest BCUT2D eigenvalue weighted by molar-refractivity contribution is -0.133. The predicted octanol–water partition coefficient (Wildman–Crippen LogP) is 2.56. The third-order valence-electron chi connectivity index (χ3n) is 2.11. The van der Waals surface area contributed by atoms with Crippen LogP contribution in [0.2, 0.25) is 0 Å². The van der Waals surface area contributed by atoms with Crippen molar-refractivity contribution in [3.63, 3.8) is 0 Å². The van der Waals surface area contributed by atoms with Crippen LogP contribution in [0.3, 0.4) is 0 Å². The average molecular weight is 234 g/mol. The van der Waals surface area contributed by atoms with E-state index >= 15 is 0 Å². The molecule has 4 heteroatoms. The van der Waals surface area contributed by atoms with Gasteiger partial charge in [0, 0.05) is 0 Å². The molecule has 0 aliphatic carbocycles. The second kappa shape index (κ2) is 5.84. The summed E-state index contributed by atoms with van der Waals surface area (Å²) in [7, 11) is 0. The van der Waals surface area contributed by atoms with Crippen molar-refractivity contribution in [3.8, 4) is 5.75 Å². The van der Waals surface area contributed by atoms with E-state index in [1.807, 2.05) is 0 Å². The van der Waals surface area contributed by atoms with Crippen LogP contribution in [-0.2, 0) is 4.79 Å². The Morgan fingerprint density at radius 1 is 1.41 bits per heavy atom. The van der Waals surface area contributed by atoms with Gasteiger partial charge >= 0.3 is 11.9 Å². The first kappa shape index (κ1) is 13.0. The molecule has 0 saturated carbocycles. The smallest absolute Gasteiger partial charge is 0.339 e. The Hall–Kier alpha value is -2.10. The van der Waals surface area contributed by atoms with Gasteiger partial charge in [-0.2, -0.15) is 0 Å². The van der Waals surface area contributed by atoms with E-state index in [0.29, 0.717) is 0 Å². The lowest BCUT2D eigenvalue weighted by Gasteiger charge is -2.07. The topological polar surface area (TPSA) is 63.6 Å². The number of carboxylic acid groups (broad SMARTS) is 1. The van der Waals surface area contributed by atoms with Gasteiger partial charge in [0.25, 0.3) is 0 Å². The normalized spacial score (nSPS) is 10.5. The minimum Gasteiger partial charge on any atom is -0.478 e. The van der Waals surface area contributed by atoms with Crippen LogP contribution in [0, 0.1) is 6.92 Å². The maximum absolute atomic E-state index is 11.4. The Kier molecular flexibility index (Phi) is 4.46. The van der Waals surface area contributed by atoms with Crippen LogP contribution >= 0.6 is 0 Å². The number of allylic oxidation sites excluding steroid dienone is 1. The zero-order chi connectivity index (χ0) is 12.8. The van der Waals surface area contributed by atoms with Gasteiger partial charge in [-0.05, 0) is 31.5 Å². The fourth-order valence-corrected chi connectivity index (χ4v) is 1.27. The van der Waals surface area contributed by atoms with Crippen LogP contribution in [0.1, 0.15) is 29.3 Å². The highest BCUT2D eigenvalue weighted by Gasteiger charge is 2.13. The van der Waals surface area contributed by atoms with Gasteiger partial charge in [0.1, 0.15) is 11.3 Å². The second-order valence-electron chi connectivity index (χ2n) is 3.55. The number of aryl methyl sites for hydroxylation is 1. The van der Waals surface area contributed by atoms with Crippen LogP contribution < -0.4 is 4.74 Å². The summed E-state index contributed by atoms with van der Waals surface area (Å²) in [5, 5.41) is 8.94. The van der Waals surface area contributed by atoms with Crippen LogP contribution in [0.5, 0.6) is 5.75 Å². The maximum atomic E-state index is 11.4. The molecule has 0 spiro atoms. The van der Waals surface area contributed by atoms with E-state index in [0.717, 1.165) is 5.56 Å². The third-order valence-corrected chi connectivity index (χ3v) is 2.11. The second-order valence-corrected chi connectivity index (χ2v) is 3.55. The number of carboxylic acids is 1. The molecule has 0 atom stereocenters. The fraction of sp³-hybridized carbons (Fsp3) is 0.231. The largest absolute Gasteiger partial charge is 0.478 e. The van der Waals surface area contributed by atoms with Crippen molar-refractivity contribution in [1.82, 2.24) is 0 Å². The number of rotatable bonds is 4. The summed E-state index contributed by atoms with van der Waals surface area (Å²) in [6.07, 6.45) is 3.51. The first-order chi connectivity index (χ1) is 8.04. The fourth-order valence-electron chi connectivity index (χ4n) is 1.27. The minimum absolute atomic E-state index is 0.00979. The molecule has 0 aliphatic rings. The highest BCUT2D eigenvalue weighted by molar-refractivity contribution is 5.92. The van der Waals surface area contributed by atoms with Gasteiger partial charge in [-0.15, -0.1) is 0 Å². The van der Waals surface area contributed by atoms with Gasteiger partial charge in [0.15, 0.2) is 0 Å². The number of carbonyl (C=O) groups is 2. The molecule has 90 valence electrons. The predicted molar refractivity (Wildman–Crippen MR) is 63.2 cm³/mol. The Labute approximate surface area is 99.5 Å². The molecule has 0 radical (unpaired) electrons. The standard InChI is InChI=1S/C13H14O4/c1-3-4-5-12(14)17-11-8-9(2)6-7-10(11)13(15)16/h3-4,6-8H,5H2,1-2H3,(H,15,16)/b4-3+. The molecule has 1 aromatic carbocycles. The highest BCUT2D eigenvalue weighted by atomic mass is 16.5. The SMILES string of the molecule is C/C=C/CC(=O)Oc1cc(C)ccc1C(=O)O. The number of carbonyl (C=O) groups excluding carboxylic acids is 1. The van der Waals surface area contributed by atoms with Gasteiger partial charge in [-0.25, -0.2) is 4.79 Å². The van der Waals surface area contributed by atoms with E-state index in [4.69, 9.17) is 9.84 Å². The van der Waals surface area contributed by atoms with Crippen molar-refractivity contribution in [2.24, 2.45) is 0 Å². The van der Waals surface area contributed by atoms with E-state index in [1.54, 1.807) is 32.1 Å². The molecule has 0 heterocycles. The lowest BCUT2D eigenvalue weighted by atomic mass is 10.1. The van der Waals surface area contributed by atoms with Crippen molar-refractivity contribution >= 4 is 11.9 Å². The summed E-state index contributed by atoms with van der Waals surface area (Å²) in [6.45, 7) is 3.59. The van der Waals surface area contributed by atoms with Gasteiger partial charge in [0.2, 0.25) is 0 Å². The molecule has 0 aromatic heterocycles. The highest BCUT2D eigenvalue weighted by Crippen LogP contribution is 2.20. The molecule has 0 bridgehead atoms. The molecule has 1 rings (SSSR count). The van der Waals surface area contributed by atoms with E-state index in [9.17, 15) is 9.59 Å². The third kappa shape index (κ3) is 3.75. The van der Waals surface area contributed by atoms with Crippen molar-refractivity contribution in [2.75, 3.05) is 0 Å². The zero-order valence-electron chi connectivity index (χ0n) is 9.77. The summed E-state index contributed by atoms with van der Waals surface area (Å²) in [4.78, 5) is 22.3. The first-order valence-corrected chi connectivity index (χ1v) is 5.20. The van der Waals surface area contributed by atoms with E-state index < -0.39 is 11.9 Å². The van der Waals surface area contributed by atoms with Crippen molar-refractivity contribution < 1.29 is 19.4 Å². The summed E-state index contributed by atoms with van der Waals surface area (Å²) in [6, 6.07) is 4.62. The summed E-state index contributed by atoms with van der Waals surface area (Å²) >= 11 is 0. The van der Waals surface area contributed by atoms with Crippen molar-refractivity contribution in [1.29, 1.82) is 0 Å². The summed E-state index contributed by atoms with van der Waals surface area (Å²) in [5.74, 6) is -1.50. The number of benzene rings is 1. The van der Waals surface area contributed by atoms with Gasteiger partial charge < -0.3 is 9.84 Å². The number of hydrogen-bond donors (Lipinski definition) is 1. The Morgan fingerprint density at radius 3 is 2.71 bits per heavy atom. The van der Waals surface area contributed by atoms with Gasteiger partial charge in [-0.3, -0.25) is 4.79 Å². The van der Waals surface area contributed by atoms with Gasteiger partial charge in [-0.1, -0.05) is 18.2 Å². The molecule has 17 heavy (non-hydrogen) atoms. The van der Waals surface area contributed by atoms with Crippen molar-refractivity contribution in [2.45, 2.75) is 20.3 Å². The minimum atomic E-state index is -1.11. The molecule has 0 saturated heterocycles. The molecule has 1 aromatic rings. The molecule has 0 amide bonds. The molecule has 1 N–H and O–H groups in total. The number of esters is 1. The van der Waals surface area contributed by atoms with E-state index in [-0.39, 0.29) is 17.7 Å². The molecular formula is C13H14O4. The van der Waals surface area contributed by atoms with Crippen LogP contribution in [0.15, 0.2) is 30.4 Å². The molecule has 0 unspecified atom stereocenters. The quantitative estimate of drug-likeness (QED) is 0.494. The van der Waals surface area contributed by atoms with E-state index in [2.05, 4.69) is 0 Å². The number of aromatic carboxylic acids is 1. The lowest BCUT2D eigenvalue weighted by Crippen LogP contribution is -2.10. The Bertz CT molecular complexity index is 460. The summed E-state index contributed by atoms with van der Waals surface area (Å²) in [5.41, 5.74) is 0.827. The van der Waals surface area contributed by atoms with E-state index in [1.165, 1.54) is 12.1 Å². The van der Waals surface area contributed by atoms with Gasteiger partial charge in [0.05, 0.1) is 6.42 Å². The maximum Gasteiger partial charge on any atom is 0.339 e. The first-order valence-electron chi connectivity index (χ1n) is 5.20. The van der Waals surface area contributed by atoms with Crippen LogP contribution in [0.25, 0.3) is 0 Å². The molecule has 0 aliphatic heterocycles. The Morgan fingerprint density at radius 2 is 2.12 bits per heavy atom. The number of hydrogen-bond acceptors (Lipinski definition) is 3. The van der Waals surface area contributed by atoms with Crippen molar-refractivity contribution in [3.05, 3.63) is 41.5 Å². The average Bonchev–Trinajstić information content (AvgIpc) is 2.26. The molecule has 0 fully saturated rings. The summed E-state index contributed by atoms with van der Waals surface area (Å²) < 4.78 is 5.02. The molecular weight excluding hydrogens is 220 g/mol. The zero-order valence-corrected chi connectivity index (χ0v) is 9.77. The number of ether oxygens (including phenoxy) is 1. The van der Waals surface area contributed by atoms with Crippen LogP contribution in [-0.4, -0.2) is 17.0 Å². The monoisotopic (exact) mass is 234 g/mol.